The molecule has 2 N–H and O–H groups in total. The Morgan fingerprint density at radius 1 is 1.35 bits per heavy atom. The van der Waals surface area contributed by atoms with Gasteiger partial charge in [0.25, 0.3) is 0 Å². The Hall–Kier alpha value is -1.06. The van der Waals surface area contributed by atoms with Crippen LogP contribution in [0.25, 0.3) is 0 Å². The van der Waals surface area contributed by atoms with Gasteiger partial charge in [0.15, 0.2) is 0 Å². The molecule has 0 aliphatic heterocycles. The van der Waals surface area contributed by atoms with Gasteiger partial charge in [0, 0.05) is 11.6 Å². The van der Waals surface area contributed by atoms with E-state index in [1.165, 1.54) is 0 Å². The van der Waals surface area contributed by atoms with Crippen molar-refractivity contribution in [2.45, 2.75) is 19.8 Å². The largest absolute Gasteiger partial charge is 0.395 e. The summed E-state index contributed by atoms with van der Waals surface area (Å²) in [7, 11) is 0. The molecule has 0 saturated carbocycles. The summed E-state index contributed by atoms with van der Waals surface area (Å²) in [6.07, 6.45) is 0. The highest BCUT2D eigenvalue weighted by Gasteiger charge is 2.23. The van der Waals surface area contributed by atoms with Gasteiger partial charge < -0.3 is 10.4 Å². The third-order valence-electron chi connectivity index (χ3n) is 2.59. The number of benzene rings is 1. The first-order valence-corrected chi connectivity index (χ1v) is 6.08. The van der Waals surface area contributed by atoms with E-state index in [-0.39, 0.29) is 30.9 Å². The Labute approximate surface area is 107 Å². The number of carbonyl (C=O) groups excluding carboxylic acids is 1. The van der Waals surface area contributed by atoms with E-state index >= 15 is 0 Å². The number of aliphatic hydroxyl groups is 1. The fourth-order valence-electron chi connectivity index (χ4n) is 1.80. The molecule has 0 aromatic heterocycles. The van der Waals surface area contributed by atoms with E-state index in [2.05, 4.69) is 5.32 Å². The van der Waals surface area contributed by atoms with Crippen LogP contribution >= 0.6 is 11.6 Å². The van der Waals surface area contributed by atoms with Gasteiger partial charge in [-0.05, 0) is 23.6 Å². The minimum absolute atomic E-state index is 0.0445. The number of nitrogens with one attached hydrogen (secondary N) is 1. The second-order valence-corrected chi connectivity index (χ2v) is 4.72. The van der Waals surface area contributed by atoms with Crippen LogP contribution in [0, 0.1) is 5.92 Å². The first-order chi connectivity index (χ1) is 8.06. The van der Waals surface area contributed by atoms with Gasteiger partial charge in [-0.3, -0.25) is 4.79 Å². The van der Waals surface area contributed by atoms with Crippen molar-refractivity contribution in [1.82, 2.24) is 5.32 Å². The van der Waals surface area contributed by atoms with Gasteiger partial charge in [0.1, 0.15) is 0 Å². The van der Waals surface area contributed by atoms with Crippen LogP contribution in [0.2, 0.25) is 5.02 Å². The summed E-state index contributed by atoms with van der Waals surface area (Å²) < 4.78 is 0. The van der Waals surface area contributed by atoms with Crippen molar-refractivity contribution in [3.63, 3.8) is 0 Å². The van der Waals surface area contributed by atoms with Crippen LogP contribution in [0.4, 0.5) is 0 Å². The highest BCUT2D eigenvalue weighted by Crippen LogP contribution is 2.25. The monoisotopic (exact) mass is 255 g/mol. The molecular weight excluding hydrogens is 238 g/mol. The molecule has 0 fully saturated rings. The van der Waals surface area contributed by atoms with Gasteiger partial charge in [0.05, 0.1) is 12.5 Å². The molecule has 1 aromatic rings. The lowest BCUT2D eigenvalue weighted by Crippen LogP contribution is -2.33. The molecule has 3 nitrogen and oxygen atoms in total. The van der Waals surface area contributed by atoms with Gasteiger partial charge in [-0.2, -0.15) is 0 Å². The lowest BCUT2D eigenvalue weighted by molar-refractivity contribution is -0.123. The third kappa shape index (κ3) is 4.02. The molecule has 17 heavy (non-hydrogen) atoms. The average Bonchev–Trinajstić information content (AvgIpc) is 2.29. The lowest BCUT2D eigenvalue weighted by Gasteiger charge is -2.20. The maximum absolute atomic E-state index is 12.0. The van der Waals surface area contributed by atoms with Crippen molar-refractivity contribution < 1.29 is 9.90 Å². The van der Waals surface area contributed by atoms with Crippen LogP contribution < -0.4 is 5.32 Å². The number of hydrogen-bond donors (Lipinski definition) is 2. The van der Waals surface area contributed by atoms with Crippen molar-refractivity contribution in [3.05, 3.63) is 34.9 Å². The van der Waals surface area contributed by atoms with E-state index in [9.17, 15) is 4.79 Å². The average molecular weight is 256 g/mol. The summed E-state index contributed by atoms with van der Waals surface area (Å²) in [6, 6.07) is 7.30. The van der Waals surface area contributed by atoms with Gasteiger partial charge in [-0.1, -0.05) is 37.6 Å². The lowest BCUT2D eigenvalue weighted by atomic mass is 9.87. The van der Waals surface area contributed by atoms with Gasteiger partial charge in [-0.15, -0.1) is 0 Å². The Morgan fingerprint density at radius 2 is 1.94 bits per heavy atom. The molecule has 0 aliphatic rings. The predicted octanol–water partition coefficient (Wildman–Crippen LogP) is 2.19. The van der Waals surface area contributed by atoms with E-state index in [1.54, 1.807) is 12.1 Å². The standard InChI is InChI=1S/C13H18ClNO2/c1-9(2)12(13(17)15-7-8-16)10-3-5-11(14)6-4-10/h3-6,9,12,16H,7-8H2,1-2H3,(H,15,17). The molecule has 1 atom stereocenters. The summed E-state index contributed by atoms with van der Waals surface area (Å²) >= 11 is 5.83. The first-order valence-electron chi connectivity index (χ1n) is 5.70. The van der Waals surface area contributed by atoms with Crippen LogP contribution in [0.5, 0.6) is 0 Å². The summed E-state index contributed by atoms with van der Waals surface area (Å²) in [5.41, 5.74) is 0.944. The number of halogens is 1. The minimum Gasteiger partial charge on any atom is -0.395 e. The molecule has 0 bridgehead atoms. The van der Waals surface area contributed by atoms with E-state index in [4.69, 9.17) is 16.7 Å². The maximum Gasteiger partial charge on any atom is 0.227 e. The minimum atomic E-state index is -0.209. The molecular formula is C13H18ClNO2. The number of carbonyl (C=O) groups is 1. The Kier molecular flexibility index (Phi) is 5.45. The second kappa shape index (κ2) is 6.62. The number of hydrogen-bond acceptors (Lipinski definition) is 2. The molecule has 1 unspecified atom stereocenters. The topological polar surface area (TPSA) is 49.3 Å². The van der Waals surface area contributed by atoms with Crippen molar-refractivity contribution >= 4 is 17.5 Å². The fraction of sp³-hybridized carbons (Fsp3) is 0.462. The maximum atomic E-state index is 12.0. The second-order valence-electron chi connectivity index (χ2n) is 4.29. The van der Waals surface area contributed by atoms with Gasteiger partial charge in [0.2, 0.25) is 5.91 Å². The summed E-state index contributed by atoms with van der Waals surface area (Å²) in [5.74, 6) is -0.0787. The van der Waals surface area contributed by atoms with Crippen LogP contribution in [-0.4, -0.2) is 24.2 Å². The molecule has 94 valence electrons. The molecule has 4 heteroatoms. The highest BCUT2D eigenvalue weighted by molar-refractivity contribution is 6.30. The van der Waals surface area contributed by atoms with Crippen molar-refractivity contribution in [2.24, 2.45) is 5.92 Å². The van der Waals surface area contributed by atoms with Crippen molar-refractivity contribution in [2.75, 3.05) is 13.2 Å². The molecule has 1 aromatic carbocycles. The summed E-state index contributed by atoms with van der Waals surface area (Å²) in [4.78, 5) is 12.0. The summed E-state index contributed by atoms with van der Waals surface area (Å²) in [5, 5.41) is 12.1. The summed E-state index contributed by atoms with van der Waals surface area (Å²) in [6.45, 7) is 4.24. The van der Waals surface area contributed by atoms with E-state index in [0.717, 1.165) is 5.56 Å². The van der Waals surface area contributed by atoms with Crippen molar-refractivity contribution in [3.8, 4) is 0 Å². The predicted molar refractivity (Wildman–Crippen MR) is 69.1 cm³/mol. The van der Waals surface area contributed by atoms with Crippen molar-refractivity contribution in [1.29, 1.82) is 0 Å². The fourth-order valence-corrected chi connectivity index (χ4v) is 1.92. The zero-order valence-corrected chi connectivity index (χ0v) is 10.9. The van der Waals surface area contributed by atoms with E-state index < -0.39 is 0 Å². The van der Waals surface area contributed by atoms with Crippen LogP contribution in [-0.2, 0) is 4.79 Å². The highest BCUT2D eigenvalue weighted by atomic mass is 35.5. The van der Waals surface area contributed by atoms with Gasteiger partial charge in [-0.25, -0.2) is 0 Å². The molecule has 0 saturated heterocycles. The van der Waals surface area contributed by atoms with Gasteiger partial charge >= 0.3 is 0 Å². The van der Waals surface area contributed by atoms with E-state index in [1.807, 2.05) is 26.0 Å². The number of rotatable bonds is 5. The molecule has 1 rings (SSSR count). The molecule has 0 spiro atoms. The van der Waals surface area contributed by atoms with Crippen LogP contribution in [0.15, 0.2) is 24.3 Å². The zero-order chi connectivity index (χ0) is 12.8. The van der Waals surface area contributed by atoms with Crippen LogP contribution in [0.1, 0.15) is 25.3 Å². The smallest absolute Gasteiger partial charge is 0.227 e. The Bertz CT molecular complexity index is 362. The quantitative estimate of drug-likeness (QED) is 0.847. The normalized spacial score (nSPS) is 12.5. The first kappa shape index (κ1) is 14.0. The number of aliphatic hydroxyl groups excluding tert-OH is 1. The SMILES string of the molecule is CC(C)C(C(=O)NCCO)c1ccc(Cl)cc1. The third-order valence-corrected chi connectivity index (χ3v) is 2.84. The van der Waals surface area contributed by atoms with Crippen LogP contribution in [0.3, 0.4) is 0 Å². The Balaban J connectivity index is 2.85. The molecule has 1 amide bonds. The molecule has 0 aliphatic carbocycles. The molecule has 0 heterocycles. The Morgan fingerprint density at radius 3 is 2.41 bits per heavy atom. The van der Waals surface area contributed by atoms with E-state index in [0.29, 0.717) is 5.02 Å². The molecule has 0 radical (unpaired) electrons. The number of amides is 1. The zero-order valence-electron chi connectivity index (χ0n) is 10.1.